The number of rotatable bonds is 6. The molecule has 178 valence electrons. The maximum Gasteiger partial charge on any atom is 0.220 e. The summed E-state index contributed by atoms with van der Waals surface area (Å²) in [6, 6.07) is 0. The first-order valence-corrected chi connectivity index (χ1v) is 13.0. The van der Waals surface area contributed by atoms with Crippen LogP contribution in [-0.2, 0) is 4.79 Å². The molecule has 10 atom stereocenters. The number of carbonyl (C=O) groups is 1. The molecule has 5 heteroatoms. The lowest BCUT2D eigenvalue weighted by molar-refractivity contribution is -0.174. The zero-order chi connectivity index (χ0) is 22.4. The SMILES string of the molecule is CC(CCC(=O)NCCN)C1CCC2C3C(O)CC4CC(O)CCC4(C)C3CCC12C. The molecule has 31 heavy (non-hydrogen) atoms. The van der Waals surface area contributed by atoms with Crippen LogP contribution in [-0.4, -0.2) is 41.4 Å². The van der Waals surface area contributed by atoms with Crippen LogP contribution in [0.2, 0.25) is 0 Å². The molecule has 0 spiro atoms. The molecule has 0 bridgehead atoms. The number of nitrogens with one attached hydrogen (secondary N) is 1. The molecule has 1 amide bonds. The van der Waals surface area contributed by atoms with E-state index in [1.54, 1.807) is 0 Å². The number of hydrogen-bond donors (Lipinski definition) is 4. The average Bonchev–Trinajstić information content (AvgIpc) is 3.09. The first-order chi connectivity index (χ1) is 14.7. The van der Waals surface area contributed by atoms with E-state index in [9.17, 15) is 15.0 Å². The van der Waals surface area contributed by atoms with Gasteiger partial charge in [0.25, 0.3) is 0 Å². The number of hydrogen-bond acceptors (Lipinski definition) is 4. The van der Waals surface area contributed by atoms with E-state index in [1.807, 2.05) is 0 Å². The summed E-state index contributed by atoms with van der Waals surface area (Å²) < 4.78 is 0. The Labute approximate surface area is 188 Å². The van der Waals surface area contributed by atoms with Crippen molar-refractivity contribution in [2.24, 2.45) is 52.1 Å². The van der Waals surface area contributed by atoms with Gasteiger partial charge in [0, 0.05) is 19.5 Å². The van der Waals surface area contributed by atoms with E-state index in [1.165, 1.54) is 25.7 Å². The van der Waals surface area contributed by atoms with Crippen molar-refractivity contribution in [1.29, 1.82) is 0 Å². The third kappa shape index (κ3) is 4.08. The Morgan fingerprint density at radius 3 is 2.52 bits per heavy atom. The van der Waals surface area contributed by atoms with Crippen LogP contribution in [0.25, 0.3) is 0 Å². The summed E-state index contributed by atoms with van der Waals surface area (Å²) >= 11 is 0. The molecule has 4 saturated carbocycles. The van der Waals surface area contributed by atoms with Crippen LogP contribution in [0, 0.1) is 46.3 Å². The number of amides is 1. The van der Waals surface area contributed by atoms with E-state index in [4.69, 9.17) is 5.73 Å². The van der Waals surface area contributed by atoms with Gasteiger partial charge in [-0.2, -0.15) is 0 Å². The summed E-state index contributed by atoms with van der Waals surface area (Å²) in [4.78, 5) is 12.1. The summed E-state index contributed by atoms with van der Waals surface area (Å²) in [6.07, 6.45) is 9.90. The molecule has 0 aromatic rings. The highest BCUT2D eigenvalue weighted by molar-refractivity contribution is 5.75. The highest BCUT2D eigenvalue weighted by Crippen LogP contribution is 2.68. The molecule has 0 heterocycles. The smallest absolute Gasteiger partial charge is 0.220 e. The molecule has 0 saturated heterocycles. The Morgan fingerprint density at radius 2 is 1.77 bits per heavy atom. The fourth-order valence-electron chi connectivity index (χ4n) is 9.04. The Hall–Kier alpha value is -0.650. The van der Waals surface area contributed by atoms with E-state index in [0.717, 1.165) is 32.1 Å². The molecule has 4 aliphatic rings. The Kier molecular flexibility index (Phi) is 6.78. The van der Waals surface area contributed by atoms with Crippen molar-refractivity contribution >= 4 is 5.91 Å². The Morgan fingerprint density at radius 1 is 1.06 bits per heavy atom. The molecular formula is C26H46N2O3. The van der Waals surface area contributed by atoms with Crippen LogP contribution >= 0.6 is 0 Å². The van der Waals surface area contributed by atoms with Crippen molar-refractivity contribution in [2.45, 2.75) is 97.2 Å². The predicted molar refractivity (Wildman–Crippen MR) is 123 cm³/mol. The summed E-state index contributed by atoms with van der Waals surface area (Å²) in [5.74, 6) is 3.39. The van der Waals surface area contributed by atoms with Crippen molar-refractivity contribution in [3.05, 3.63) is 0 Å². The second-order valence-corrected chi connectivity index (χ2v) is 12.1. The molecule has 0 aliphatic heterocycles. The molecule has 5 N–H and O–H groups in total. The van der Waals surface area contributed by atoms with Gasteiger partial charge in [0.15, 0.2) is 0 Å². The second-order valence-electron chi connectivity index (χ2n) is 12.1. The van der Waals surface area contributed by atoms with E-state index < -0.39 is 0 Å². The Balaban J connectivity index is 1.46. The molecular weight excluding hydrogens is 388 g/mol. The van der Waals surface area contributed by atoms with Crippen LogP contribution < -0.4 is 11.1 Å². The van der Waals surface area contributed by atoms with Gasteiger partial charge in [0.05, 0.1) is 12.2 Å². The summed E-state index contributed by atoms with van der Waals surface area (Å²) in [5, 5.41) is 24.5. The zero-order valence-corrected chi connectivity index (χ0v) is 20.0. The highest BCUT2D eigenvalue weighted by Gasteiger charge is 2.62. The van der Waals surface area contributed by atoms with Crippen molar-refractivity contribution in [3.8, 4) is 0 Å². The maximum absolute atomic E-state index is 12.1. The van der Waals surface area contributed by atoms with Gasteiger partial charge in [-0.1, -0.05) is 20.8 Å². The standard InChI is InChI=1S/C26H46N2O3/c1-16(4-7-23(31)28-13-12-27)19-5-6-20-24-21(9-11-26(19,20)3)25(2)10-8-18(29)14-17(25)15-22(24)30/h16-22,24,29-30H,4-15,27H2,1-3H3,(H,28,31). The normalized spacial score (nSPS) is 47.7. The van der Waals surface area contributed by atoms with Gasteiger partial charge in [-0.25, -0.2) is 0 Å². The highest BCUT2D eigenvalue weighted by atomic mass is 16.3. The Bertz CT molecular complexity index is 657. The van der Waals surface area contributed by atoms with Crippen molar-refractivity contribution in [1.82, 2.24) is 5.32 Å². The summed E-state index contributed by atoms with van der Waals surface area (Å²) in [5.41, 5.74) is 6.07. The van der Waals surface area contributed by atoms with E-state index in [2.05, 4.69) is 26.1 Å². The monoisotopic (exact) mass is 434 g/mol. The van der Waals surface area contributed by atoms with Crippen LogP contribution in [0.1, 0.15) is 85.0 Å². The number of nitrogens with two attached hydrogens (primary N) is 1. The van der Waals surface area contributed by atoms with Gasteiger partial charge >= 0.3 is 0 Å². The molecule has 10 unspecified atom stereocenters. The zero-order valence-electron chi connectivity index (χ0n) is 20.0. The molecule has 0 aromatic carbocycles. The molecule has 0 aromatic heterocycles. The second kappa shape index (κ2) is 8.95. The average molecular weight is 435 g/mol. The first kappa shape index (κ1) is 23.5. The molecule has 5 nitrogen and oxygen atoms in total. The third-order valence-electron chi connectivity index (χ3n) is 10.7. The molecule has 4 rings (SSSR count). The minimum Gasteiger partial charge on any atom is -0.393 e. The van der Waals surface area contributed by atoms with Crippen molar-refractivity contribution in [2.75, 3.05) is 13.1 Å². The fraction of sp³-hybridized carbons (Fsp3) is 0.962. The largest absolute Gasteiger partial charge is 0.393 e. The van der Waals surface area contributed by atoms with Gasteiger partial charge < -0.3 is 21.3 Å². The van der Waals surface area contributed by atoms with Crippen LogP contribution in [0.4, 0.5) is 0 Å². The quantitative estimate of drug-likeness (QED) is 0.515. The van der Waals surface area contributed by atoms with Gasteiger partial charge in [-0.05, 0) is 104 Å². The minimum absolute atomic E-state index is 0.127. The number of aliphatic hydroxyl groups is 2. The number of aliphatic hydroxyl groups excluding tert-OH is 2. The molecule has 0 radical (unpaired) electrons. The van der Waals surface area contributed by atoms with E-state index >= 15 is 0 Å². The van der Waals surface area contributed by atoms with Crippen molar-refractivity contribution < 1.29 is 15.0 Å². The lowest BCUT2D eigenvalue weighted by Crippen LogP contribution is -2.58. The molecule has 4 aliphatic carbocycles. The van der Waals surface area contributed by atoms with E-state index in [0.29, 0.717) is 55.0 Å². The predicted octanol–water partition coefficient (Wildman–Crippen LogP) is 3.47. The maximum atomic E-state index is 12.1. The van der Waals surface area contributed by atoms with Gasteiger partial charge in [-0.3, -0.25) is 4.79 Å². The van der Waals surface area contributed by atoms with Crippen LogP contribution in [0.15, 0.2) is 0 Å². The summed E-state index contributed by atoms with van der Waals surface area (Å²) in [6.45, 7) is 8.38. The fourth-order valence-corrected chi connectivity index (χ4v) is 9.04. The van der Waals surface area contributed by atoms with Crippen LogP contribution in [0.5, 0.6) is 0 Å². The van der Waals surface area contributed by atoms with Gasteiger partial charge in [0.2, 0.25) is 5.91 Å². The topological polar surface area (TPSA) is 95.6 Å². The van der Waals surface area contributed by atoms with Crippen LogP contribution in [0.3, 0.4) is 0 Å². The van der Waals surface area contributed by atoms with Gasteiger partial charge in [-0.15, -0.1) is 0 Å². The first-order valence-electron chi connectivity index (χ1n) is 13.0. The van der Waals surface area contributed by atoms with Gasteiger partial charge in [0.1, 0.15) is 0 Å². The minimum atomic E-state index is -0.214. The lowest BCUT2D eigenvalue weighted by atomic mass is 9.43. The third-order valence-corrected chi connectivity index (χ3v) is 10.7. The summed E-state index contributed by atoms with van der Waals surface area (Å²) in [7, 11) is 0. The number of carbonyl (C=O) groups excluding carboxylic acids is 1. The van der Waals surface area contributed by atoms with Crippen molar-refractivity contribution in [3.63, 3.8) is 0 Å². The lowest BCUT2D eigenvalue weighted by Gasteiger charge is -2.62. The molecule has 4 fully saturated rings. The van der Waals surface area contributed by atoms with E-state index in [-0.39, 0.29) is 28.9 Å². The number of fused-ring (bicyclic) bond motifs is 5.